The van der Waals surface area contributed by atoms with E-state index in [1.54, 1.807) is 0 Å². The summed E-state index contributed by atoms with van der Waals surface area (Å²) in [5.41, 5.74) is 0. The molecule has 6 heteroatoms. The number of hydrogen-bond donors (Lipinski definition) is 3. The molecule has 3 N–H and O–H groups in total. The van der Waals surface area contributed by atoms with Crippen LogP contribution in [-0.2, 0) is 14.3 Å². The average molecular weight is 1300 g/mol. The van der Waals surface area contributed by atoms with Gasteiger partial charge < -0.3 is 20.3 Å². The predicted molar refractivity (Wildman–Crippen MR) is 407 cm³/mol. The van der Waals surface area contributed by atoms with E-state index in [0.29, 0.717) is 25.9 Å². The van der Waals surface area contributed by atoms with E-state index < -0.39 is 12.1 Å². The Morgan fingerprint density at radius 1 is 0.293 bits per heavy atom. The third-order valence-corrected chi connectivity index (χ3v) is 20.6. The summed E-state index contributed by atoms with van der Waals surface area (Å²) in [6.45, 7) is 5.01. The van der Waals surface area contributed by atoms with Crippen LogP contribution in [0, 0.1) is 0 Å². The van der Waals surface area contributed by atoms with Crippen LogP contribution in [0.2, 0.25) is 0 Å². The van der Waals surface area contributed by atoms with Gasteiger partial charge in [0.2, 0.25) is 5.91 Å². The van der Waals surface area contributed by atoms with Crippen molar-refractivity contribution in [2.75, 3.05) is 13.2 Å². The molecule has 0 saturated carbocycles. The summed E-state index contributed by atoms with van der Waals surface area (Å²) in [5, 5.41) is 23.5. The first kappa shape index (κ1) is 90.6. The van der Waals surface area contributed by atoms with Gasteiger partial charge in [-0.25, -0.2) is 0 Å². The van der Waals surface area contributed by atoms with Crippen LogP contribution in [0.25, 0.3) is 0 Å². The molecule has 0 saturated heterocycles. The van der Waals surface area contributed by atoms with Gasteiger partial charge in [-0.2, -0.15) is 0 Å². The molecule has 548 valence electrons. The first-order valence-corrected chi connectivity index (χ1v) is 42.9. The van der Waals surface area contributed by atoms with E-state index >= 15 is 0 Å². The zero-order valence-electron chi connectivity index (χ0n) is 63.1. The Morgan fingerprint density at radius 2 is 0.511 bits per heavy atom. The maximum Gasteiger partial charge on any atom is 0.305 e. The number of rotatable bonds is 82. The molecule has 0 aliphatic carbocycles. The van der Waals surface area contributed by atoms with Crippen LogP contribution in [0.3, 0.4) is 0 Å². The molecule has 0 fully saturated rings. The van der Waals surface area contributed by atoms with Crippen molar-refractivity contribution in [2.24, 2.45) is 0 Å². The molecule has 0 aliphatic rings. The summed E-state index contributed by atoms with van der Waals surface area (Å²) in [5.74, 6) is -0.00503. The normalized spacial score (nSPS) is 12.4. The monoisotopic (exact) mass is 1300 g/mol. The number of nitrogens with one attached hydrogen (secondary N) is 1. The van der Waals surface area contributed by atoms with Gasteiger partial charge in [-0.15, -0.1) is 0 Å². The summed E-state index contributed by atoms with van der Waals surface area (Å²) in [7, 11) is 0. The van der Waals surface area contributed by atoms with Crippen molar-refractivity contribution in [3.05, 3.63) is 12.2 Å². The van der Waals surface area contributed by atoms with E-state index in [4.69, 9.17) is 4.74 Å². The zero-order chi connectivity index (χ0) is 66.3. The van der Waals surface area contributed by atoms with E-state index in [-0.39, 0.29) is 18.5 Å². The lowest BCUT2D eigenvalue weighted by Crippen LogP contribution is -2.45. The molecule has 0 bridgehead atoms. The Hall–Kier alpha value is -1.40. The summed E-state index contributed by atoms with van der Waals surface area (Å²) < 4.78 is 5.51. The summed E-state index contributed by atoms with van der Waals surface area (Å²) in [6, 6.07) is -0.537. The summed E-state index contributed by atoms with van der Waals surface area (Å²) in [4.78, 5) is 24.7. The van der Waals surface area contributed by atoms with Gasteiger partial charge >= 0.3 is 5.97 Å². The van der Waals surface area contributed by atoms with Crippen LogP contribution in [0.15, 0.2) is 12.2 Å². The molecule has 0 aromatic carbocycles. The van der Waals surface area contributed by atoms with Crippen LogP contribution in [0.4, 0.5) is 0 Å². The van der Waals surface area contributed by atoms with Gasteiger partial charge in [-0.3, -0.25) is 9.59 Å². The minimum absolute atomic E-state index is 0.0180. The molecule has 1 amide bonds. The highest BCUT2D eigenvalue weighted by molar-refractivity contribution is 5.76. The lowest BCUT2D eigenvalue weighted by molar-refractivity contribution is -0.143. The molecule has 2 atom stereocenters. The van der Waals surface area contributed by atoms with Crippen LogP contribution < -0.4 is 5.32 Å². The standard InChI is InChI=1S/C86H169NO5/c1-3-5-7-9-11-13-15-17-19-21-22-44-47-50-54-58-62-66-70-74-78-84(89)83(82-88)87-85(90)79-75-71-67-63-59-55-51-48-45-42-40-38-36-34-32-30-28-26-24-23-25-27-29-31-33-35-37-39-41-43-46-49-53-57-61-65-69-73-77-81-92-86(91)80-76-72-68-64-60-56-52-20-18-16-14-12-10-8-6-4-2/h20,52,83-84,88-89H,3-19,21-51,53-82H2,1-2H3,(H,87,90)/b52-20-. The molecule has 0 aromatic heterocycles. The first-order valence-electron chi connectivity index (χ1n) is 42.9. The minimum Gasteiger partial charge on any atom is -0.466 e. The summed E-state index contributed by atoms with van der Waals surface area (Å²) >= 11 is 0. The van der Waals surface area contributed by atoms with Crippen molar-refractivity contribution in [1.82, 2.24) is 5.32 Å². The number of aliphatic hydroxyl groups is 2. The number of carbonyl (C=O) groups excluding carboxylic acids is 2. The van der Waals surface area contributed by atoms with Gasteiger partial charge in [0.15, 0.2) is 0 Å². The van der Waals surface area contributed by atoms with Crippen molar-refractivity contribution in [1.29, 1.82) is 0 Å². The van der Waals surface area contributed by atoms with Gasteiger partial charge in [-0.05, 0) is 51.4 Å². The Morgan fingerprint density at radius 3 is 0.772 bits per heavy atom. The predicted octanol–water partition coefficient (Wildman–Crippen LogP) is 28.6. The lowest BCUT2D eigenvalue weighted by atomic mass is 10.0. The second-order valence-corrected chi connectivity index (χ2v) is 29.9. The molecule has 0 radical (unpaired) electrons. The highest BCUT2D eigenvalue weighted by atomic mass is 16.5. The highest BCUT2D eigenvalue weighted by Gasteiger charge is 2.20. The highest BCUT2D eigenvalue weighted by Crippen LogP contribution is 2.21. The van der Waals surface area contributed by atoms with Crippen molar-refractivity contribution in [2.45, 2.75) is 514 Å². The molecule has 0 spiro atoms. The number of ether oxygens (including phenoxy) is 1. The number of allylic oxidation sites excluding steroid dienone is 2. The van der Waals surface area contributed by atoms with Crippen LogP contribution >= 0.6 is 0 Å². The van der Waals surface area contributed by atoms with E-state index in [2.05, 4.69) is 31.3 Å². The number of unbranched alkanes of at least 4 members (excludes halogenated alkanes) is 69. The molecule has 2 unspecified atom stereocenters. The van der Waals surface area contributed by atoms with Crippen LogP contribution in [0.1, 0.15) is 502 Å². The second-order valence-electron chi connectivity index (χ2n) is 29.9. The Balaban J connectivity index is 3.29. The lowest BCUT2D eigenvalue weighted by Gasteiger charge is -2.22. The van der Waals surface area contributed by atoms with E-state index in [9.17, 15) is 19.8 Å². The van der Waals surface area contributed by atoms with Gasteiger partial charge in [-0.1, -0.05) is 450 Å². The van der Waals surface area contributed by atoms with E-state index in [0.717, 1.165) is 44.9 Å². The molecule has 0 aliphatic heterocycles. The van der Waals surface area contributed by atoms with Gasteiger partial charge in [0.25, 0.3) is 0 Å². The molecule has 6 nitrogen and oxygen atoms in total. The maximum atomic E-state index is 12.6. The zero-order valence-corrected chi connectivity index (χ0v) is 63.1. The van der Waals surface area contributed by atoms with Crippen molar-refractivity contribution in [3.63, 3.8) is 0 Å². The number of hydrogen-bond acceptors (Lipinski definition) is 5. The molecule has 0 rings (SSSR count). The number of amides is 1. The average Bonchev–Trinajstić information content (AvgIpc) is 3.57. The van der Waals surface area contributed by atoms with Gasteiger partial charge in [0.05, 0.1) is 25.4 Å². The molecule has 92 heavy (non-hydrogen) atoms. The fourth-order valence-electron chi connectivity index (χ4n) is 14.1. The SMILES string of the molecule is CCCCCCCCC/C=C\CCCCCCCC(=O)OCCCCCCCCCCCCCCCCCCCCCCCCCCCCCCCCCCCCCCCCCC(=O)NC(CO)C(O)CCCCCCCCCCCCCCCCCCCCCC. The Bertz CT molecular complexity index is 1400. The van der Waals surface area contributed by atoms with E-state index in [1.807, 2.05) is 0 Å². The number of esters is 1. The number of carbonyl (C=O) groups is 2. The van der Waals surface area contributed by atoms with Crippen LogP contribution in [0.5, 0.6) is 0 Å². The van der Waals surface area contributed by atoms with Crippen molar-refractivity contribution < 1.29 is 24.5 Å². The van der Waals surface area contributed by atoms with Gasteiger partial charge in [0, 0.05) is 12.8 Å². The van der Waals surface area contributed by atoms with Crippen LogP contribution in [-0.4, -0.2) is 47.4 Å². The minimum atomic E-state index is -0.660. The second kappa shape index (κ2) is 82.0. The topological polar surface area (TPSA) is 95.9 Å². The molecular weight excluding hydrogens is 1130 g/mol. The fraction of sp³-hybridized carbons (Fsp3) is 0.953. The Labute approximate surface area is 578 Å². The quantitative estimate of drug-likeness (QED) is 0.0320. The smallest absolute Gasteiger partial charge is 0.305 e. The largest absolute Gasteiger partial charge is 0.466 e. The fourth-order valence-corrected chi connectivity index (χ4v) is 14.1. The first-order chi connectivity index (χ1) is 45.5. The van der Waals surface area contributed by atoms with Gasteiger partial charge in [0.1, 0.15) is 0 Å². The van der Waals surface area contributed by atoms with Crippen molar-refractivity contribution >= 4 is 11.9 Å². The Kier molecular flexibility index (Phi) is 80.8. The molecular formula is C86H169NO5. The van der Waals surface area contributed by atoms with Crippen molar-refractivity contribution in [3.8, 4) is 0 Å². The molecule has 0 heterocycles. The van der Waals surface area contributed by atoms with E-state index in [1.165, 1.54) is 424 Å². The third kappa shape index (κ3) is 77.6. The number of aliphatic hydroxyl groups excluding tert-OH is 2. The summed E-state index contributed by atoms with van der Waals surface area (Å²) in [6.07, 6.45) is 105. The maximum absolute atomic E-state index is 12.6. The molecule has 0 aromatic rings. The third-order valence-electron chi connectivity index (χ3n) is 20.6.